The minimum atomic E-state index is 0.149. The summed E-state index contributed by atoms with van der Waals surface area (Å²) in [6.07, 6.45) is 8.94. The first-order chi connectivity index (χ1) is 11.1. The van der Waals surface area contributed by atoms with E-state index in [1.165, 1.54) is 11.1 Å². The molecule has 0 bridgehead atoms. The lowest BCUT2D eigenvalue weighted by Crippen LogP contribution is -2.38. The zero-order valence-corrected chi connectivity index (χ0v) is 13.9. The van der Waals surface area contributed by atoms with Gasteiger partial charge in [-0.15, -0.1) is 0 Å². The van der Waals surface area contributed by atoms with E-state index in [2.05, 4.69) is 14.9 Å². The molecule has 5 heteroatoms. The monoisotopic (exact) mass is 312 g/mol. The smallest absolute Gasteiger partial charge is 0.236 e. The quantitative estimate of drug-likeness (QED) is 0.744. The summed E-state index contributed by atoms with van der Waals surface area (Å²) in [7, 11) is 3.84. The lowest BCUT2D eigenvalue weighted by Gasteiger charge is -2.22. The number of hydrogen-bond donors (Lipinski definition) is 0. The molecule has 0 aromatic carbocycles. The number of nitrogens with zero attached hydrogens (tertiary/aromatic N) is 4. The van der Waals surface area contributed by atoms with Gasteiger partial charge in [-0.1, -0.05) is 0 Å². The number of amides is 1. The van der Waals surface area contributed by atoms with Crippen LogP contribution in [0.2, 0.25) is 0 Å². The number of carbonyl (C=O) groups excluding carboxylic acids is 1. The highest BCUT2D eigenvalue weighted by Crippen LogP contribution is 2.01. The van der Waals surface area contributed by atoms with Crippen molar-refractivity contribution in [3.63, 3.8) is 0 Å². The molecule has 0 aliphatic carbocycles. The van der Waals surface area contributed by atoms with Crippen molar-refractivity contribution in [2.24, 2.45) is 0 Å². The molecule has 122 valence electrons. The molecule has 2 heterocycles. The van der Waals surface area contributed by atoms with Crippen molar-refractivity contribution in [2.45, 2.75) is 12.8 Å². The van der Waals surface area contributed by atoms with Gasteiger partial charge in [-0.25, -0.2) is 0 Å². The summed E-state index contributed by atoms with van der Waals surface area (Å²) in [4.78, 5) is 24.1. The number of carbonyl (C=O) groups is 1. The van der Waals surface area contributed by atoms with Gasteiger partial charge in [0, 0.05) is 44.9 Å². The SMILES string of the molecule is CN(CCc1ccncc1)CC(=O)N(C)CCc1ccncc1. The summed E-state index contributed by atoms with van der Waals surface area (Å²) in [6, 6.07) is 7.99. The minimum absolute atomic E-state index is 0.149. The summed E-state index contributed by atoms with van der Waals surface area (Å²) in [5, 5.41) is 0. The molecule has 2 aromatic heterocycles. The second-order valence-electron chi connectivity index (χ2n) is 5.76. The van der Waals surface area contributed by atoms with Crippen LogP contribution in [0.15, 0.2) is 49.1 Å². The Hall–Kier alpha value is -2.27. The van der Waals surface area contributed by atoms with Gasteiger partial charge >= 0.3 is 0 Å². The minimum Gasteiger partial charge on any atom is -0.344 e. The van der Waals surface area contributed by atoms with Crippen LogP contribution in [0.3, 0.4) is 0 Å². The van der Waals surface area contributed by atoms with Gasteiger partial charge in [-0.3, -0.25) is 19.7 Å². The van der Waals surface area contributed by atoms with Crippen molar-refractivity contribution in [3.8, 4) is 0 Å². The van der Waals surface area contributed by atoms with Gasteiger partial charge in [0.25, 0.3) is 0 Å². The Bertz CT molecular complexity index is 588. The second-order valence-corrected chi connectivity index (χ2v) is 5.76. The molecule has 0 aliphatic heterocycles. The molecular weight excluding hydrogens is 288 g/mol. The highest BCUT2D eigenvalue weighted by molar-refractivity contribution is 5.77. The molecule has 0 radical (unpaired) electrons. The normalized spacial score (nSPS) is 10.7. The van der Waals surface area contributed by atoms with E-state index in [1.807, 2.05) is 38.4 Å². The molecule has 2 aromatic rings. The number of rotatable bonds is 8. The van der Waals surface area contributed by atoms with Crippen LogP contribution >= 0.6 is 0 Å². The van der Waals surface area contributed by atoms with Gasteiger partial charge in [0.1, 0.15) is 0 Å². The highest BCUT2D eigenvalue weighted by atomic mass is 16.2. The Morgan fingerprint density at radius 2 is 1.35 bits per heavy atom. The standard InChI is InChI=1S/C18H24N4O/c1-21(13-7-16-3-9-19-10-4-16)15-18(23)22(2)14-8-17-5-11-20-12-6-17/h3-6,9-12H,7-8,13-15H2,1-2H3. The number of pyridine rings is 2. The van der Waals surface area contributed by atoms with E-state index >= 15 is 0 Å². The van der Waals surface area contributed by atoms with Crippen molar-refractivity contribution in [1.82, 2.24) is 19.8 Å². The van der Waals surface area contributed by atoms with E-state index in [1.54, 1.807) is 29.7 Å². The summed E-state index contributed by atoms with van der Waals surface area (Å²) in [5.74, 6) is 0.149. The van der Waals surface area contributed by atoms with Gasteiger partial charge in [0.2, 0.25) is 5.91 Å². The third-order valence-electron chi connectivity index (χ3n) is 3.85. The molecule has 5 nitrogen and oxygen atoms in total. The van der Waals surface area contributed by atoms with Crippen molar-refractivity contribution in [3.05, 3.63) is 60.2 Å². The van der Waals surface area contributed by atoms with Gasteiger partial charge in [-0.2, -0.15) is 0 Å². The Morgan fingerprint density at radius 3 is 1.87 bits per heavy atom. The Kier molecular flexibility index (Phi) is 6.69. The van der Waals surface area contributed by atoms with Crippen LogP contribution in [0, 0.1) is 0 Å². The molecule has 0 atom stereocenters. The molecule has 2 rings (SSSR count). The molecular formula is C18H24N4O. The average Bonchev–Trinajstić information content (AvgIpc) is 2.59. The van der Waals surface area contributed by atoms with Crippen molar-refractivity contribution in [1.29, 1.82) is 0 Å². The summed E-state index contributed by atoms with van der Waals surface area (Å²) >= 11 is 0. The first-order valence-electron chi connectivity index (χ1n) is 7.85. The maximum absolute atomic E-state index is 12.2. The zero-order valence-electron chi connectivity index (χ0n) is 13.9. The molecule has 0 unspecified atom stereocenters. The molecule has 0 spiro atoms. The van der Waals surface area contributed by atoms with E-state index in [0.29, 0.717) is 6.54 Å². The predicted molar refractivity (Wildman–Crippen MR) is 91.0 cm³/mol. The number of hydrogen-bond acceptors (Lipinski definition) is 4. The topological polar surface area (TPSA) is 49.3 Å². The highest BCUT2D eigenvalue weighted by Gasteiger charge is 2.11. The molecule has 0 aliphatic rings. The van der Waals surface area contributed by atoms with Crippen LogP contribution in [-0.4, -0.2) is 59.4 Å². The molecule has 0 N–H and O–H groups in total. The van der Waals surface area contributed by atoms with Gasteiger partial charge in [0.05, 0.1) is 6.54 Å². The Morgan fingerprint density at radius 1 is 0.870 bits per heavy atom. The van der Waals surface area contributed by atoms with Crippen LogP contribution in [-0.2, 0) is 17.6 Å². The van der Waals surface area contributed by atoms with Crippen LogP contribution < -0.4 is 0 Å². The van der Waals surface area contributed by atoms with Crippen molar-refractivity contribution in [2.75, 3.05) is 33.7 Å². The molecule has 0 saturated carbocycles. The first-order valence-corrected chi connectivity index (χ1v) is 7.85. The fraction of sp³-hybridized carbons (Fsp3) is 0.389. The fourth-order valence-electron chi connectivity index (χ4n) is 2.27. The van der Waals surface area contributed by atoms with E-state index in [0.717, 1.165) is 25.9 Å². The number of likely N-dealkylation sites (N-methyl/N-ethyl adjacent to an activating group) is 2. The van der Waals surface area contributed by atoms with Crippen LogP contribution in [0.25, 0.3) is 0 Å². The average molecular weight is 312 g/mol. The Labute approximate surface area is 138 Å². The van der Waals surface area contributed by atoms with Crippen molar-refractivity contribution < 1.29 is 4.79 Å². The summed E-state index contributed by atoms with van der Waals surface area (Å²) < 4.78 is 0. The summed E-state index contributed by atoms with van der Waals surface area (Å²) in [6.45, 7) is 2.02. The third-order valence-corrected chi connectivity index (χ3v) is 3.85. The molecule has 1 amide bonds. The van der Waals surface area contributed by atoms with Gasteiger partial charge < -0.3 is 4.90 Å². The van der Waals surface area contributed by atoms with Crippen LogP contribution in [0.1, 0.15) is 11.1 Å². The molecule has 0 saturated heterocycles. The molecule has 0 fully saturated rings. The largest absolute Gasteiger partial charge is 0.344 e. The maximum atomic E-state index is 12.2. The lowest BCUT2D eigenvalue weighted by molar-refractivity contribution is -0.130. The molecule has 23 heavy (non-hydrogen) atoms. The predicted octanol–water partition coefficient (Wildman–Crippen LogP) is 1.65. The lowest BCUT2D eigenvalue weighted by atomic mass is 10.2. The fourth-order valence-corrected chi connectivity index (χ4v) is 2.27. The van der Waals surface area contributed by atoms with E-state index in [-0.39, 0.29) is 5.91 Å². The number of aromatic nitrogens is 2. The second kappa shape index (κ2) is 9.00. The van der Waals surface area contributed by atoms with Crippen molar-refractivity contribution >= 4 is 5.91 Å². The zero-order chi connectivity index (χ0) is 16.5. The van der Waals surface area contributed by atoms with E-state index in [4.69, 9.17) is 0 Å². The Balaban J connectivity index is 1.70. The maximum Gasteiger partial charge on any atom is 0.236 e. The van der Waals surface area contributed by atoms with E-state index in [9.17, 15) is 4.79 Å². The summed E-state index contributed by atoms with van der Waals surface area (Å²) in [5.41, 5.74) is 2.44. The van der Waals surface area contributed by atoms with Gasteiger partial charge in [-0.05, 0) is 55.3 Å². The van der Waals surface area contributed by atoms with Crippen LogP contribution in [0.5, 0.6) is 0 Å². The van der Waals surface area contributed by atoms with Gasteiger partial charge in [0.15, 0.2) is 0 Å². The van der Waals surface area contributed by atoms with E-state index < -0.39 is 0 Å². The first kappa shape index (κ1) is 17.1. The van der Waals surface area contributed by atoms with Crippen LogP contribution in [0.4, 0.5) is 0 Å². The third kappa shape index (κ3) is 6.16.